The molecular formula is C18H29FNO4P. The third-order valence-electron chi connectivity index (χ3n) is 4.99. The van der Waals surface area contributed by atoms with Crippen molar-refractivity contribution in [2.24, 2.45) is 5.92 Å². The molecule has 1 atom stereocenters. The zero-order valence-corrected chi connectivity index (χ0v) is 15.7. The molecule has 1 aliphatic rings. The summed E-state index contributed by atoms with van der Waals surface area (Å²) >= 11 is 0. The predicted molar refractivity (Wildman–Crippen MR) is 95.7 cm³/mol. The molecule has 1 unspecified atom stereocenters. The molecule has 1 saturated carbocycles. The lowest BCUT2D eigenvalue weighted by atomic mass is 9.77. The minimum atomic E-state index is -3.69. The summed E-state index contributed by atoms with van der Waals surface area (Å²) in [4.78, 5) is 9.18. The van der Waals surface area contributed by atoms with E-state index in [1.165, 1.54) is 37.0 Å². The predicted octanol–water partition coefficient (Wildman–Crippen LogP) is 4.83. The van der Waals surface area contributed by atoms with E-state index in [1.54, 1.807) is 6.07 Å². The van der Waals surface area contributed by atoms with Gasteiger partial charge in [-0.2, -0.15) is 0 Å². The lowest BCUT2D eigenvalue weighted by molar-refractivity contribution is 0.221. The number of benzene rings is 1. The number of halogens is 1. The lowest BCUT2D eigenvalue weighted by Crippen LogP contribution is -2.14. The Kier molecular flexibility index (Phi) is 7.88. The molecule has 0 bridgehead atoms. The molecule has 0 spiro atoms. The minimum absolute atomic E-state index is 0.106. The van der Waals surface area contributed by atoms with Crippen LogP contribution in [-0.2, 0) is 4.57 Å². The van der Waals surface area contributed by atoms with Crippen LogP contribution in [0.15, 0.2) is 18.2 Å². The fourth-order valence-corrected chi connectivity index (χ4v) is 4.28. The van der Waals surface area contributed by atoms with Gasteiger partial charge in [-0.3, -0.25) is 4.57 Å². The van der Waals surface area contributed by atoms with E-state index in [0.29, 0.717) is 5.75 Å². The van der Waals surface area contributed by atoms with Gasteiger partial charge in [-0.15, -0.1) is 5.25 Å². The van der Waals surface area contributed by atoms with E-state index >= 15 is 0 Å². The van der Waals surface area contributed by atoms with Gasteiger partial charge in [-0.1, -0.05) is 25.8 Å². The summed E-state index contributed by atoms with van der Waals surface area (Å²) in [6, 6.07) is 4.97. The first-order chi connectivity index (χ1) is 11.9. The van der Waals surface area contributed by atoms with Crippen molar-refractivity contribution < 1.29 is 23.8 Å². The highest BCUT2D eigenvalue weighted by Crippen LogP contribution is 2.39. The van der Waals surface area contributed by atoms with Gasteiger partial charge in [0.15, 0.2) is 0 Å². The average molecular weight is 373 g/mol. The summed E-state index contributed by atoms with van der Waals surface area (Å²) in [6.45, 7) is 2.40. The molecule has 0 aromatic heterocycles. The van der Waals surface area contributed by atoms with Gasteiger partial charge in [0.1, 0.15) is 11.6 Å². The maximum Gasteiger partial charge on any atom is 0.289 e. The Balaban J connectivity index is 1.83. The van der Waals surface area contributed by atoms with E-state index in [-0.39, 0.29) is 30.9 Å². The fourth-order valence-electron chi connectivity index (χ4n) is 3.62. The van der Waals surface area contributed by atoms with E-state index in [9.17, 15) is 13.8 Å². The van der Waals surface area contributed by atoms with E-state index in [0.717, 1.165) is 24.3 Å². The number of rotatable bonds is 9. The maximum absolute atomic E-state index is 14.4. The van der Waals surface area contributed by atoms with Gasteiger partial charge in [0.2, 0.25) is 0 Å². The smallest absolute Gasteiger partial charge is 0.289 e. The van der Waals surface area contributed by atoms with Crippen LogP contribution in [0.5, 0.6) is 5.75 Å². The molecule has 0 saturated heterocycles. The number of hydrogen-bond acceptors (Lipinski definition) is 3. The topological polar surface area (TPSA) is 78.8 Å². The van der Waals surface area contributed by atoms with Gasteiger partial charge < -0.3 is 14.8 Å². The van der Waals surface area contributed by atoms with Crippen molar-refractivity contribution in [3.8, 4) is 5.75 Å². The fraction of sp³-hybridized carbons (Fsp3) is 0.667. The molecule has 5 nitrogen and oxygen atoms in total. The molecule has 1 fully saturated rings. The highest BCUT2D eigenvalue weighted by Gasteiger charge is 2.24. The van der Waals surface area contributed by atoms with Crippen LogP contribution >= 0.6 is 7.52 Å². The van der Waals surface area contributed by atoms with Gasteiger partial charge in [0.05, 0.1) is 6.61 Å². The molecule has 0 radical (unpaired) electrons. The van der Waals surface area contributed by atoms with Crippen molar-refractivity contribution >= 4 is 7.52 Å². The largest absolute Gasteiger partial charge is 0.493 e. The first kappa shape index (κ1) is 20.4. The Morgan fingerprint density at radius 1 is 1.32 bits per heavy atom. The summed E-state index contributed by atoms with van der Waals surface area (Å²) in [5, 5.41) is 9.89. The molecule has 1 aliphatic carbocycles. The second kappa shape index (κ2) is 9.67. The van der Waals surface area contributed by atoms with Gasteiger partial charge in [-0.05, 0) is 55.6 Å². The lowest BCUT2D eigenvalue weighted by Gasteiger charge is -2.29. The first-order valence-electron chi connectivity index (χ1n) is 9.10. The summed E-state index contributed by atoms with van der Waals surface area (Å²) in [5.41, 5.74) is 0.770. The number of nitrogens with one attached hydrogen (secondary N) is 1. The number of ether oxygens (including phenoxy) is 1. The van der Waals surface area contributed by atoms with Gasteiger partial charge in [0.25, 0.3) is 7.52 Å². The molecule has 3 N–H and O–H groups in total. The molecule has 25 heavy (non-hydrogen) atoms. The maximum atomic E-state index is 14.4. The highest BCUT2D eigenvalue weighted by molar-refractivity contribution is 7.55. The van der Waals surface area contributed by atoms with Crippen molar-refractivity contribution in [1.29, 1.82) is 0 Å². The van der Waals surface area contributed by atoms with Crippen LogP contribution in [-0.4, -0.2) is 22.9 Å². The van der Waals surface area contributed by atoms with Crippen molar-refractivity contribution in [2.45, 2.75) is 57.8 Å². The summed E-state index contributed by atoms with van der Waals surface area (Å²) in [6.07, 6.45) is 7.11. The molecule has 2 rings (SSSR count). The molecule has 1 aromatic rings. The monoisotopic (exact) mass is 373 g/mol. The Hall–Kier alpha value is -0.940. The quantitative estimate of drug-likeness (QED) is 0.328. The van der Waals surface area contributed by atoms with Crippen LogP contribution < -0.4 is 9.99 Å². The highest BCUT2D eigenvalue weighted by atomic mass is 31.2. The van der Waals surface area contributed by atoms with Crippen molar-refractivity contribution in [2.75, 3.05) is 12.8 Å². The standard InChI is InChI=1S/C18H29FNO4P/c1-2-4-14-5-7-15(8-6-14)17-10-9-16(13-18(17)19)24-11-3-12-25(22,23)20-21/h9-10,13-15,21H,2-8,11-12H2,1H3,(H2,20,22,23). The molecule has 0 aliphatic heterocycles. The van der Waals surface area contributed by atoms with Crippen LogP contribution in [0.1, 0.15) is 63.4 Å². The Labute approximate surface area is 149 Å². The van der Waals surface area contributed by atoms with Crippen LogP contribution in [0.25, 0.3) is 0 Å². The van der Waals surface area contributed by atoms with Crippen LogP contribution in [0.3, 0.4) is 0 Å². The third-order valence-corrected chi connectivity index (χ3v) is 6.22. The van der Waals surface area contributed by atoms with Gasteiger partial charge in [-0.25, -0.2) is 4.39 Å². The van der Waals surface area contributed by atoms with E-state index in [1.807, 2.05) is 6.07 Å². The van der Waals surface area contributed by atoms with Crippen molar-refractivity contribution in [3.63, 3.8) is 0 Å². The molecule has 0 heterocycles. The summed E-state index contributed by atoms with van der Waals surface area (Å²) in [5.74, 6) is 1.27. The van der Waals surface area contributed by atoms with E-state index in [4.69, 9.17) is 9.94 Å². The molecular weight excluding hydrogens is 344 g/mol. The summed E-state index contributed by atoms with van der Waals surface area (Å²) < 4.78 is 31.1. The normalized spacial score (nSPS) is 23.2. The van der Waals surface area contributed by atoms with Gasteiger partial charge >= 0.3 is 0 Å². The van der Waals surface area contributed by atoms with Crippen LogP contribution in [0.4, 0.5) is 4.39 Å². The molecule has 142 valence electrons. The second-order valence-electron chi connectivity index (χ2n) is 6.92. The van der Waals surface area contributed by atoms with Crippen molar-refractivity contribution in [1.82, 2.24) is 5.25 Å². The minimum Gasteiger partial charge on any atom is -0.493 e. The Morgan fingerprint density at radius 3 is 2.64 bits per heavy atom. The average Bonchev–Trinajstić information content (AvgIpc) is 2.60. The Morgan fingerprint density at radius 2 is 2.04 bits per heavy atom. The molecule has 7 heteroatoms. The zero-order valence-electron chi connectivity index (χ0n) is 14.8. The molecule has 0 amide bonds. The summed E-state index contributed by atoms with van der Waals surface area (Å²) in [7, 11) is -3.69. The third kappa shape index (κ3) is 6.37. The van der Waals surface area contributed by atoms with Gasteiger partial charge in [0, 0.05) is 12.2 Å². The van der Waals surface area contributed by atoms with Crippen LogP contribution in [0.2, 0.25) is 0 Å². The van der Waals surface area contributed by atoms with Crippen molar-refractivity contribution in [3.05, 3.63) is 29.6 Å². The molecule has 1 aromatic carbocycles. The first-order valence-corrected chi connectivity index (χ1v) is 10.9. The van der Waals surface area contributed by atoms with E-state index < -0.39 is 7.52 Å². The number of hydrogen-bond donors (Lipinski definition) is 3. The SMILES string of the molecule is CCCC1CCC(c2ccc(OCCCP(=O)(O)NO)cc2F)CC1. The second-order valence-corrected chi connectivity index (χ2v) is 8.97. The van der Waals surface area contributed by atoms with E-state index in [2.05, 4.69) is 6.92 Å². The Bertz CT molecular complexity index is 590. The zero-order chi connectivity index (χ0) is 18.3. The van der Waals surface area contributed by atoms with Crippen LogP contribution in [0, 0.1) is 11.7 Å².